The molecule has 1 aliphatic rings. The van der Waals surface area contributed by atoms with Crippen molar-refractivity contribution < 1.29 is 9.47 Å². The summed E-state index contributed by atoms with van der Waals surface area (Å²) in [6.07, 6.45) is 1.98. The molecule has 24 heavy (non-hydrogen) atoms. The number of hydrogen-bond acceptors (Lipinski definition) is 4. The molecule has 1 aromatic heterocycles. The number of benzene rings is 2. The minimum atomic E-state index is 0.752. The summed E-state index contributed by atoms with van der Waals surface area (Å²) >= 11 is 0. The maximum atomic E-state index is 5.54. The standard InChI is InChI=1S/C20H20N2O2/c1-23-16-7-8-19-17(13-16)20(22-9-11-24-12-10-22)18(14-21-19)15-5-3-2-4-6-15/h2-8,13-14H,9-12H2,1H3. The van der Waals surface area contributed by atoms with E-state index >= 15 is 0 Å². The number of rotatable bonds is 3. The molecule has 1 aliphatic heterocycles. The highest BCUT2D eigenvalue weighted by Gasteiger charge is 2.19. The summed E-state index contributed by atoms with van der Waals surface area (Å²) < 4.78 is 11.0. The smallest absolute Gasteiger partial charge is 0.119 e. The van der Waals surface area contributed by atoms with Crippen molar-refractivity contribution in [3.63, 3.8) is 0 Å². The zero-order chi connectivity index (χ0) is 16.4. The number of morpholine rings is 1. The van der Waals surface area contributed by atoms with Gasteiger partial charge in [0.15, 0.2) is 0 Å². The van der Waals surface area contributed by atoms with Gasteiger partial charge < -0.3 is 14.4 Å². The first-order valence-electron chi connectivity index (χ1n) is 8.21. The third kappa shape index (κ3) is 2.69. The molecule has 4 heteroatoms. The summed E-state index contributed by atoms with van der Waals surface area (Å²) in [5.74, 6) is 0.851. The van der Waals surface area contributed by atoms with Crippen molar-refractivity contribution in [2.75, 3.05) is 38.3 Å². The summed E-state index contributed by atoms with van der Waals surface area (Å²) in [6, 6.07) is 16.5. The fraction of sp³-hybridized carbons (Fsp3) is 0.250. The van der Waals surface area contributed by atoms with Gasteiger partial charge in [0, 0.05) is 30.2 Å². The first kappa shape index (κ1) is 15.0. The molecule has 0 aliphatic carbocycles. The number of methoxy groups -OCH3 is 1. The van der Waals surface area contributed by atoms with Crippen LogP contribution in [0.3, 0.4) is 0 Å². The average molecular weight is 320 g/mol. The van der Waals surface area contributed by atoms with Gasteiger partial charge in [-0.15, -0.1) is 0 Å². The maximum absolute atomic E-state index is 5.54. The van der Waals surface area contributed by atoms with Gasteiger partial charge in [0.25, 0.3) is 0 Å². The van der Waals surface area contributed by atoms with Crippen molar-refractivity contribution in [3.05, 3.63) is 54.7 Å². The normalized spacial score (nSPS) is 14.8. The number of nitrogens with zero attached hydrogens (tertiary/aromatic N) is 2. The molecule has 0 N–H and O–H groups in total. The van der Waals surface area contributed by atoms with Crippen LogP contribution in [0.2, 0.25) is 0 Å². The summed E-state index contributed by atoms with van der Waals surface area (Å²) in [7, 11) is 1.70. The molecule has 0 saturated carbocycles. The van der Waals surface area contributed by atoms with Gasteiger partial charge in [-0.2, -0.15) is 0 Å². The quantitative estimate of drug-likeness (QED) is 0.736. The molecule has 4 rings (SSSR count). The highest BCUT2D eigenvalue weighted by Crippen LogP contribution is 2.38. The summed E-state index contributed by atoms with van der Waals surface area (Å²) in [4.78, 5) is 7.07. The molecule has 0 bridgehead atoms. The monoisotopic (exact) mass is 320 g/mol. The van der Waals surface area contributed by atoms with Crippen LogP contribution >= 0.6 is 0 Å². The Kier molecular flexibility index (Phi) is 4.05. The van der Waals surface area contributed by atoms with Crippen molar-refractivity contribution in [3.8, 4) is 16.9 Å². The van der Waals surface area contributed by atoms with Crippen molar-refractivity contribution in [2.24, 2.45) is 0 Å². The first-order valence-corrected chi connectivity index (χ1v) is 8.21. The zero-order valence-corrected chi connectivity index (χ0v) is 13.7. The van der Waals surface area contributed by atoms with Crippen molar-refractivity contribution >= 4 is 16.6 Å². The van der Waals surface area contributed by atoms with Gasteiger partial charge in [-0.3, -0.25) is 4.98 Å². The lowest BCUT2D eigenvalue weighted by Crippen LogP contribution is -2.36. The molecule has 0 spiro atoms. The van der Waals surface area contributed by atoms with Crippen molar-refractivity contribution in [1.29, 1.82) is 0 Å². The molecule has 0 atom stereocenters. The Hall–Kier alpha value is -2.59. The zero-order valence-electron chi connectivity index (χ0n) is 13.7. The van der Waals surface area contributed by atoms with Crippen LogP contribution in [0.1, 0.15) is 0 Å². The third-order valence-electron chi connectivity index (χ3n) is 4.46. The Labute approximate surface area is 141 Å². The van der Waals surface area contributed by atoms with Crippen LogP contribution in [0, 0.1) is 0 Å². The lowest BCUT2D eigenvalue weighted by Gasteiger charge is -2.31. The molecular weight excluding hydrogens is 300 g/mol. The molecule has 0 unspecified atom stereocenters. The number of aromatic nitrogens is 1. The van der Waals surface area contributed by atoms with Crippen LogP contribution in [-0.2, 0) is 4.74 Å². The number of fused-ring (bicyclic) bond motifs is 1. The van der Waals surface area contributed by atoms with Crippen LogP contribution in [0.4, 0.5) is 5.69 Å². The topological polar surface area (TPSA) is 34.6 Å². The Balaban J connectivity index is 1.97. The van der Waals surface area contributed by atoms with E-state index in [2.05, 4.69) is 40.2 Å². The Morgan fingerprint density at radius 3 is 2.58 bits per heavy atom. The van der Waals surface area contributed by atoms with Gasteiger partial charge in [0.1, 0.15) is 5.75 Å². The SMILES string of the molecule is COc1ccc2ncc(-c3ccccc3)c(N3CCOCC3)c2c1. The lowest BCUT2D eigenvalue weighted by atomic mass is 10.0. The fourth-order valence-corrected chi connectivity index (χ4v) is 3.24. The third-order valence-corrected chi connectivity index (χ3v) is 4.46. The van der Waals surface area contributed by atoms with E-state index in [0.717, 1.165) is 48.5 Å². The molecule has 122 valence electrons. The van der Waals surface area contributed by atoms with Gasteiger partial charge >= 0.3 is 0 Å². The van der Waals surface area contributed by atoms with Crippen LogP contribution in [0.15, 0.2) is 54.7 Å². The Morgan fingerprint density at radius 1 is 1.04 bits per heavy atom. The van der Waals surface area contributed by atoms with Crippen molar-refractivity contribution in [2.45, 2.75) is 0 Å². The van der Waals surface area contributed by atoms with Gasteiger partial charge in [0.05, 0.1) is 31.5 Å². The Bertz CT molecular complexity index is 843. The molecular formula is C20H20N2O2. The molecule has 2 aromatic carbocycles. The Morgan fingerprint density at radius 2 is 1.83 bits per heavy atom. The molecule has 1 saturated heterocycles. The van der Waals surface area contributed by atoms with E-state index < -0.39 is 0 Å². The number of anilines is 1. The van der Waals surface area contributed by atoms with E-state index in [1.165, 1.54) is 11.3 Å². The largest absolute Gasteiger partial charge is 0.497 e. The van der Waals surface area contributed by atoms with E-state index in [9.17, 15) is 0 Å². The highest BCUT2D eigenvalue weighted by atomic mass is 16.5. The lowest BCUT2D eigenvalue weighted by molar-refractivity contribution is 0.123. The molecule has 0 amide bonds. The summed E-state index contributed by atoms with van der Waals surface area (Å²) in [5.41, 5.74) is 4.53. The van der Waals surface area contributed by atoms with Crippen LogP contribution in [0.5, 0.6) is 5.75 Å². The molecule has 4 nitrogen and oxygen atoms in total. The average Bonchev–Trinajstić information content (AvgIpc) is 2.68. The second-order valence-electron chi connectivity index (χ2n) is 5.87. The minimum Gasteiger partial charge on any atom is -0.497 e. The van der Waals surface area contributed by atoms with E-state index in [4.69, 9.17) is 9.47 Å². The summed E-state index contributed by atoms with van der Waals surface area (Å²) in [5, 5.41) is 1.12. The second kappa shape index (κ2) is 6.49. The van der Waals surface area contributed by atoms with E-state index in [1.54, 1.807) is 7.11 Å². The van der Waals surface area contributed by atoms with Gasteiger partial charge in [-0.1, -0.05) is 30.3 Å². The highest BCUT2D eigenvalue weighted by molar-refractivity contribution is 6.00. The number of hydrogen-bond donors (Lipinski definition) is 0. The predicted octanol–water partition coefficient (Wildman–Crippen LogP) is 3.75. The van der Waals surface area contributed by atoms with Crippen LogP contribution < -0.4 is 9.64 Å². The van der Waals surface area contributed by atoms with Gasteiger partial charge in [0.2, 0.25) is 0 Å². The maximum Gasteiger partial charge on any atom is 0.119 e. The summed E-state index contributed by atoms with van der Waals surface area (Å²) in [6.45, 7) is 3.27. The van der Waals surface area contributed by atoms with Gasteiger partial charge in [-0.25, -0.2) is 0 Å². The van der Waals surface area contributed by atoms with E-state index in [-0.39, 0.29) is 0 Å². The first-order chi connectivity index (χ1) is 11.9. The molecule has 1 fully saturated rings. The minimum absolute atomic E-state index is 0.752. The van der Waals surface area contributed by atoms with E-state index in [1.807, 2.05) is 24.4 Å². The van der Waals surface area contributed by atoms with E-state index in [0.29, 0.717) is 0 Å². The predicted molar refractivity (Wildman–Crippen MR) is 96.8 cm³/mol. The van der Waals surface area contributed by atoms with Gasteiger partial charge in [-0.05, 0) is 23.8 Å². The molecule has 0 radical (unpaired) electrons. The molecule has 3 aromatic rings. The number of pyridine rings is 1. The van der Waals surface area contributed by atoms with Crippen molar-refractivity contribution in [1.82, 2.24) is 4.98 Å². The van der Waals surface area contributed by atoms with Crippen LogP contribution in [-0.4, -0.2) is 38.4 Å². The second-order valence-corrected chi connectivity index (χ2v) is 5.87. The molecule has 2 heterocycles. The number of ether oxygens (including phenoxy) is 2. The fourth-order valence-electron chi connectivity index (χ4n) is 3.24. The van der Waals surface area contributed by atoms with Crippen LogP contribution in [0.25, 0.3) is 22.0 Å².